The number of likely N-dealkylation sites (N-methyl/N-ethyl adjacent to an activating group) is 1. The number of allylic oxidation sites excluding steroid dienone is 7. The van der Waals surface area contributed by atoms with Crippen LogP contribution in [0.1, 0.15) is 30.9 Å². The van der Waals surface area contributed by atoms with E-state index in [1.807, 2.05) is 84.8 Å². The molecule has 0 bridgehead atoms. The molecular weight excluding hydrogens is 639 g/mol. The summed E-state index contributed by atoms with van der Waals surface area (Å²) in [6.45, 7) is 9.08. The number of ether oxygens (including phenoxy) is 3. The van der Waals surface area contributed by atoms with Crippen molar-refractivity contribution in [1.29, 1.82) is 0 Å². The molecule has 1 saturated heterocycles. The van der Waals surface area contributed by atoms with Crippen LogP contribution >= 0.6 is 12.6 Å². The van der Waals surface area contributed by atoms with Crippen molar-refractivity contribution in [1.82, 2.24) is 9.80 Å². The van der Waals surface area contributed by atoms with Crippen LogP contribution < -0.4 is 9.64 Å². The van der Waals surface area contributed by atoms with Gasteiger partial charge in [0.25, 0.3) is 5.91 Å². The molecule has 0 radical (unpaired) electrons. The van der Waals surface area contributed by atoms with Gasteiger partial charge in [-0.25, -0.2) is 0 Å². The van der Waals surface area contributed by atoms with Crippen LogP contribution in [0, 0.1) is 0 Å². The Kier molecular flexibility index (Phi) is 16.6. The number of para-hydroxylation sites is 1. The SMILES string of the molecule is C=C/C=C\C=C/CCC(=O)CN(C)c1ccccc1C/C(S)=C(C=O)/C(OC)=C(\C)C(=O)N1CCN(Cc2ccc(OCOC)cc2)CC1. The van der Waals surface area contributed by atoms with Gasteiger partial charge in [0.1, 0.15) is 11.5 Å². The summed E-state index contributed by atoms with van der Waals surface area (Å²) >= 11 is 4.73. The second kappa shape index (κ2) is 20.9. The fraction of sp³-hybridized carbons (Fsp3) is 0.359. The number of anilines is 1. The molecule has 262 valence electrons. The number of benzene rings is 2. The number of hydrogen-bond donors (Lipinski definition) is 1. The van der Waals surface area contributed by atoms with E-state index in [0.29, 0.717) is 62.2 Å². The number of hydrogen-bond acceptors (Lipinski definition) is 9. The van der Waals surface area contributed by atoms with Gasteiger partial charge in [0.2, 0.25) is 0 Å². The second-order valence-corrected chi connectivity index (χ2v) is 12.2. The number of carbonyl (C=O) groups excluding carboxylic acids is 3. The van der Waals surface area contributed by atoms with Crippen LogP contribution in [0.15, 0.2) is 107 Å². The standard InChI is InChI=1S/C39H49N3O6S/c1-6-7-8-9-10-11-15-33(44)27-40(3)36-16-13-12-14-32(36)25-37(49)35(28-43)38(47-5)30(2)39(45)42-23-21-41(22-24-42)26-31-17-19-34(20-18-31)48-29-46-4/h6-10,12-14,16-20,28,49H,1,11,15,21-27,29H2,2-5H3/b8-7-,10-9-,37-35-,38-30-. The van der Waals surface area contributed by atoms with E-state index in [-0.39, 0.29) is 36.4 Å². The summed E-state index contributed by atoms with van der Waals surface area (Å²) in [5.41, 5.74) is 3.48. The summed E-state index contributed by atoms with van der Waals surface area (Å²) < 4.78 is 16.1. The third kappa shape index (κ3) is 12.2. The van der Waals surface area contributed by atoms with Gasteiger partial charge in [-0.2, -0.15) is 0 Å². The van der Waals surface area contributed by atoms with Crippen molar-refractivity contribution in [3.05, 3.63) is 118 Å². The molecule has 10 heteroatoms. The van der Waals surface area contributed by atoms with E-state index in [4.69, 9.17) is 26.8 Å². The molecular formula is C39H49N3O6S. The number of carbonyl (C=O) groups is 3. The first kappa shape index (κ1) is 39.1. The van der Waals surface area contributed by atoms with Gasteiger partial charge >= 0.3 is 0 Å². The maximum Gasteiger partial charge on any atom is 0.253 e. The van der Waals surface area contributed by atoms with E-state index >= 15 is 0 Å². The lowest BCUT2D eigenvalue weighted by Gasteiger charge is -2.35. The first-order valence-corrected chi connectivity index (χ1v) is 16.8. The fourth-order valence-electron chi connectivity index (χ4n) is 5.54. The molecule has 3 rings (SSSR count). The third-order valence-corrected chi connectivity index (χ3v) is 8.53. The lowest BCUT2D eigenvalue weighted by molar-refractivity contribution is -0.129. The predicted molar refractivity (Wildman–Crippen MR) is 199 cm³/mol. The number of thiol groups is 1. The Morgan fingerprint density at radius 3 is 2.37 bits per heavy atom. The zero-order chi connectivity index (χ0) is 35.6. The highest BCUT2D eigenvalue weighted by Gasteiger charge is 2.26. The van der Waals surface area contributed by atoms with Crippen LogP contribution in [0.4, 0.5) is 5.69 Å². The molecule has 2 aromatic carbocycles. The zero-order valence-electron chi connectivity index (χ0n) is 29.1. The van der Waals surface area contributed by atoms with Crippen LogP contribution in [0.2, 0.25) is 0 Å². The van der Waals surface area contributed by atoms with Crippen molar-refractivity contribution in [3.8, 4) is 5.75 Å². The minimum absolute atomic E-state index is 0.118. The van der Waals surface area contributed by atoms with Gasteiger partial charge in [0, 0.05) is 70.3 Å². The topological polar surface area (TPSA) is 88.6 Å². The summed E-state index contributed by atoms with van der Waals surface area (Å²) in [6, 6.07) is 15.6. The number of methoxy groups -OCH3 is 2. The van der Waals surface area contributed by atoms with E-state index in [0.717, 1.165) is 29.1 Å². The molecule has 0 aromatic heterocycles. The Labute approximate surface area is 296 Å². The molecule has 49 heavy (non-hydrogen) atoms. The van der Waals surface area contributed by atoms with Gasteiger partial charge in [-0.05, 0) is 42.7 Å². The quantitative estimate of drug-likeness (QED) is 0.0485. The number of amides is 1. The van der Waals surface area contributed by atoms with Crippen LogP contribution in [-0.2, 0) is 36.8 Å². The Balaban J connectivity index is 1.66. The van der Waals surface area contributed by atoms with Gasteiger partial charge in [0.15, 0.2) is 18.9 Å². The van der Waals surface area contributed by atoms with Crippen LogP contribution in [-0.4, -0.2) is 88.6 Å². The van der Waals surface area contributed by atoms with Crippen molar-refractivity contribution in [3.63, 3.8) is 0 Å². The smallest absolute Gasteiger partial charge is 0.253 e. The Bertz CT molecular complexity index is 1540. The summed E-state index contributed by atoms with van der Waals surface area (Å²) in [6.07, 6.45) is 11.4. The number of rotatable bonds is 19. The molecule has 1 amide bonds. The first-order valence-electron chi connectivity index (χ1n) is 16.3. The molecule has 1 aliphatic heterocycles. The minimum atomic E-state index is -0.179. The molecule has 1 heterocycles. The molecule has 1 aliphatic rings. The summed E-state index contributed by atoms with van der Waals surface area (Å²) in [7, 11) is 4.92. The fourth-order valence-corrected chi connectivity index (χ4v) is 5.86. The Morgan fingerprint density at radius 1 is 1.00 bits per heavy atom. The van der Waals surface area contributed by atoms with E-state index < -0.39 is 0 Å². The molecule has 2 aromatic rings. The highest BCUT2D eigenvalue weighted by atomic mass is 32.1. The maximum atomic E-state index is 13.6. The van der Waals surface area contributed by atoms with E-state index in [1.54, 1.807) is 25.0 Å². The Morgan fingerprint density at radius 2 is 1.71 bits per heavy atom. The van der Waals surface area contributed by atoms with Crippen LogP contribution in [0.5, 0.6) is 5.75 Å². The Hall–Kier alpha value is -4.38. The largest absolute Gasteiger partial charge is 0.495 e. The lowest BCUT2D eigenvalue weighted by atomic mass is 10.0. The predicted octanol–water partition coefficient (Wildman–Crippen LogP) is 5.94. The van der Waals surface area contributed by atoms with E-state index in [2.05, 4.69) is 11.5 Å². The van der Waals surface area contributed by atoms with Crippen LogP contribution in [0.25, 0.3) is 0 Å². The number of Topliss-reactive ketones (excluding diaryl/α,β-unsaturated/α-hetero) is 1. The first-order chi connectivity index (χ1) is 23.7. The average molecular weight is 688 g/mol. The number of ketones is 1. The maximum absolute atomic E-state index is 13.6. The highest BCUT2D eigenvalue weighted by Crippen LogP contribution is 2.28. The monoisotopic (exact) mass is 687 g/mol. The molecule has 0 unspecified atom stereocenters. The summed E-state index contributed by atoms with van der Waals surface area (Å²) in [4.78, 5) is 45.2. The average Bonchev–Trinajstić information content (AvgIpc) is 3.11. The van der Waals surface area contributed by atoms with E-state index in [1.165, 1.54) is 7.11 Å². The molecule has 1 fully saturated rings. The summed E-state index contributed by atoms with van der Waals surface area (Å²) in [5.74, 6) is 0.899. The van der Waals surface area contributed by atoms with Crippen molar-refractivity contribution in [2.45, 2.75) is 32.7 Å². The third-order valence-electron chi connectivity index (χ3n) is 8.13. The van der Waals surface area contributed by atoms with Gasteiger partial charge in [-0.3, -0.25) is 19.3 Å². The van der Waals surface area contributed by atoms with Crippen molar-refractivity contribution >= 4 is 36.3 Å². The molecule has 9 nitrogen and oxygen atoms in total. The normalized spacial score (nSPS) is 14.8. The molecule has 0 saturated carbocycles. The molecule has 0 atom stereocenters. The van der Waals surface area contributed by atoms with Crippen molar-refractivity contribution in [2.75, 3.05) is 65.7 Å². The summed E-state index contributed by atoms with van der Waals surface area (Å²) in [5, 5.41) is 0. The minimum Gasteiger partial charge on any atom is -0.495 e. The molecule has 0 spiro atoms. The van der Waals surface area contributed by atoms with Crippen LogP contribution in [0.3, 0.4) is 0 Å². The number of aldehydes is 1. The number of nitrogens with zero attached hydrogens (tertiary/aromatic N) is 3. The van der Waals surface area contributed by atoms with Crippen molar-refractivity contribution in [2.24, 2.45) is 0 Å². The molecule has 0 N–H and O–H groups in total. The van der Waals surface area contributed by atoms with E-state index in [9.17, 15) is 14.4 Å². The molecule has 0 aliphatic carbocycles. The number of piperazine rings is 1. The van der Waals surface area contributed by atoms with Gasteiger partial charge in [0.05, 0.1) is 24.8 Å². The van der Waals surface area contributed by atoms with Crippen molar-refractivity contribution < 1.29 is 28.6 Å². The van der Waals surface area contributed by atoms with Gasteiger partial charge < -0.3 is 24.0 Å². The second-order valence-electron chi connectivity index (χ2n) is 11.7. The van der Waals surface area contributed by atoms with Gasteiger partial charge in [-0.1, -0.05) is 67.3 Å². The van der Waals surface area contributed by atoms with Gasteiger partial charge in [-0.15, -0.1) is 12.6 Å². The zero-order valence-corrected chi connectivity index (χ0v) is 30.0. The lowest BCUT2D eigenvalue weighted by Crippen LogP contribution is -2.48. The highest BCUT2D eigenvalue weighted by molar-refractivity contribution is 7.84.